The van der Waals surface area contributed by atoms with Crippen LogP contribution in [0, 0.1) is 5.82 Å². The van der Waals surface area contributed by atoms with E-state index < -0.39 is 30.5 Å². The van der Waals surface area contributed by atoms with Gasteiger partial charge in [0.25, 0.3) is 0 Å². The fourth-order valence-electron chi connectivity index (χ4n) is 1.43. The third-order valence-corrected chi connectivity index (χ3v) is 2.56. The molecule has 0 radical (unpaired) electrons. The highest BCUT2D eigenvalue weighted by Crippen LogP contribution is 2.27. The van der Waals surface area contributed by atoms with Gasteiger partial charge in [-0.15, -0.1) is 0 Å². The molecule has 0 spiro atoms. The highest BCUT2D eigenvalue weighted by atomic mass is 35.5. The maximum Gasteiger partial charge on any atom is 0.401 e. The van der Waals surface area contributed by atoms with Crippen LogP contribution in [0.4, 0.5) is 17.6 Å². The zero-order valence-corrected chi connectivity index (χ0v) is 10.5. The van der Waals surface area contributed by atoms with Crippen molar-refractivity contribution in [2.24, 2.45) is 0 Å². The normalized spacial score (nSPS) is 13.2. The van der Waals surface area contributed by atoms with E-state index in [1.165, 1.54) is 12.1 Å². The van der Waals surface area contributed by atoms with E-state index >= 15 is 0 Å². The standard InChI is InChI=1S/C11H10ClF4NO2/c1-19-10(18)9(17-5-11(14,15)16)8-6(12)3-2-4-7(8)13/h2-4,9,17H,5H2,1H3. The molecule has 0 aromatic heterocycles. The molecular weight excluding hydrogens is 290 g/mol. The number of halogens is 5. The Labute approximate surface area is 111 Å². The predicted molar refractivity (Wildman–Crippen MR) is 60.2 cm³/mol. The first kappa shape index (κ1) is 15.7. The van der Waals surface area contributed by atoms with E-state index in [0.29, 0.717) is 0 Å². The van der Waals surface area contributed by atoms with Crippen LogP contribution in [-0.2, 0) is 9.53 Å². The summed E-state index contributed by atoms with van der Waals surface area (Å²) in [7, 11) is 0.985. The summed E-state index contributed by atoms with van der Waals surface area (Å²) in [5.74, 6) is -1.95. The second-order valence-corrected chi connectivity index (χ2v) is 3.99. The number of hydrogen-bond donors (Lipinski definition) is 1. The van der Waals surface area contributed by atoms with Gasteiger partial charge in [0.1, 0.15) is 11.9 Å². The minimum atomic E-state index is -4.55. The van der Waals surface area contributed by atoms with Crippen LogP contribution < -0.4 is 5.32 Å². The zero-order chi connectivity index (χ0) is 14.6. The lowest BCUT2D eigenvalue weighted by Gasteiger charge is -2.19. The summed E-state index contributed by atoms with van der Waals surface area (Å²) in [5.41, 5.74) is -0.375. The summed E-state index contributed by atoms with van der Waals surface area (Å²) in [6.07, 6.45) is -4.55. The summed E-state index contributed by atoms with van der Waals surface area (Å²) in [4.78, 5) is 11.5. The van der Waals surface area contributed by atoms with Crippen molar-refractivity contribution in [1.82, 2.24) is 5.32 Å². The monoisotopic (exact) mass is 299 g/mol. The van der Waals surface area contributed by atoms with Crippen LogP contribution in [0.2, 0.25) is 5.02 Å². The summed E-state index contributed by atoms with van der Waals surface area (Å²) in [6.45, 7) is -1.47. The molecule has 1 N–H and O–H groups in total. The van der Waals surface area contributed by atoms with Crippen LogP contribution in [0.25, 0.3) is 0 Å². The molecule has 0 amide bonds. The predicted octanol–water partition coefficient (Wildman–Crippen LogP) is 2.85. The Morgan fingerprint density at radius 1 is 1.47 bits per heavy atom. The molecule has 0 aliphatic rings. The van der Waals surface area contributed by atoms with E-state index in [-0.39, 0.29) is 10.6 Å². The summed E-state index contributed by atoms with van der Waals surface area (Å²) in [5, 5.41) is 1.72. The number of hydrogen-bond acceptors (Lipinski definition) is 3. The highest BCUT2D eigenvalue weighted by Gasteiger charge is 2.33. The Balaban J connectivity index is 3.07. The quantitative estimate of drug-likeness (QED) is 0.686. The van der Waals surface area contributed by atoms with Gasteiger partial charge in [0.2, 0.25) is 0 Å². The number of rotatable bonds is 4. The zero-order valence-electron chi connectivity index (χ0n) is 9.72. The molecule has 0 bridgehead atoms. The number of nitrogens with one attached hydrogen (secondary N) is 1. The maximum atomic E-state index is 13.6. The molecule has 0 saturated heterocycles. The Morgan fingerprint density at radius 2 is 2.11 bits per heavy atom. The van der Waals surface area contributed by atoms with Gasteiger partial charge in [-0.2, -0.15) is 13.2 Å². The molecule has 19 heavy (non-hydrogen) atoms. The lowest BCUT2D eigenvalue weighted by Crippen LogP contribution is -2.37. The van der Waals surface area contributed by atoms with Gasteiger partial charge in [-0.05, 0) is 12.1 Å². The first-order valence-electron chi connectivity index (χ1n) is 5.08. The number of methoxy groups -OCH3 is 1. The third kappa shape index (κ3) is 4.36. The average molecular weight is 300 g/mol. The number of carbonyl (C=O) groups excluding carboxylic acids is 1. The Morgan fingerprint density at radius 3 is 2.58 bits per heavy atom. The second-order valence-electron chi connectivity index (χ2n) is 3.59. The van der Waals surface area contributed by atoms with Crippen molar-refractivity contribution in [3.05, 3.63) is 34.6 Å². The topological polar surface area (TPSA) is 38.3 Å². The fraction of sp³-hybridized carbons (Fsp3) is 0.364. The van der Waals surface area contributed by atoms with Crippen LogP contribution in [0.1, 0.15) is 11.6 Å². The lowest BCUT2D eigenvalue weighted by atomic mass is 10.1. The van der Waals surface area contributed by atoms with E-state index in [9.17, 15) is 22.4 Å². The van der Waals surface area contributed by atoms with Crippen molar-refractivity contribution in [1.29, 1.82) is 0 Å². The van der Waals surface area contributed by atoms with Crippen LogP contribution in [0.15, 0.2) is 18.2 Å². The van der Waals surface area contributed by atoms with E-state index in [0.717, 1.165) is 13.2 Å². The van der Waals surface area contributed by atoms with Gasteiger partial charge in [-0.3, -0.25) is 5.32 Å². The van der Waals surface area contributed by atoms with Gasteiger partial charge in [0.05, 0.1) is 13.7 Å². The average Bonchev–Trinajstić information content (AvgIpc) is 2.30. The highest BCUT2D eigenvalue weighted by molar-refractivity contribution is 6.31. The van der Waals surface area contributed by atoms with Crippen molar-refractivity contribution in [2.45, 2.75) is 12.2 Å². The minimum Gasteiger partial charge on any atom is -0.468 e. The van der Waals surface area contributed by atoms with E-state index in [1.54, 1.807) is 0 Å². The van der Waals surface area contributed by atoms with Crippen molar-refractivity contribution in [3.8, 4) is 0 Å². The fourth-order valence-corrected chi connectivity index (χ4v) is 1.70. The molecule has 1 aromatic rings. The molecule has 1 rings (SSSR count). The number of ether oxygens (including phenoxy) is 1. The molecule has 1 atom stereocenters. The molecule has 0 fully saturated rings. The third-order valence-electron chi connectivity index (χ3n) is 2.23. The maximum absolute atomic E-state index is 13.6. The molecule has 106 valence electrons. The van der Waals surface area contributed by atoms with Crippen molar-refractivity contribution < 1.29 is 27.1 Å². The SMILES string of the molecule is COC(=O)C(NCC(F)(F)F)c1c(F)cccc1Cl. The van der Waals surface area contributed by atoms with Crippen molar-refractivity contribution in [2.75, 3.05) is 13.7 Å². The Hall–Kier alpha value is -1.34. The number of alkyl halides is 3. The summed E-state index contributed by atoms with van der Waals surface area (Å²) in [6, 6.07) is 1.91. The second kappa shape index (κ2) is 6.21. The minimum absolute atomic E-state index is 0.162. The summed E-state index contributed by atoms with van der Waals surface area (Å²) >= 11 is 5.71. The largest absolute Gasteiger partial charge is 0.468 e. The molecule has 0 aliphatic heterocycles. The molecule has 3 nitrogen and oxygen atoms in total. The van der Waals surface area contributed by atoms with Gasteiger partial charge >= 0.3 is 12.1 Å². The van der Waals surface area contributed by atoms with E-state index in [4.69, 9.17) is 11.6 Å². The molecule has 1 aromatic carbocycles. The molecule has 1 unspecified atom stereocenters. The first-order valence-corrected chi connectivity index (χ1v) is 5.46. The van der Waals surface area contributed by atoms with Crippen LogP contribution in [-0.4, -0.2) is 25.8 Å². The van der Waals surface area contributed by atoms with Crippen LogP contribution in [0.3, 0.4) is 0 Å². The smallest absolute Gasteiger partial charge is 0.401 e. The van der Waals surface area contributed by atoms with Gasteiger partial charge in [-0.1, -0.05) is 17.7 Å². The lowest BCUT2D eigenvalue weighted by molar-refractivity contribution is -0.146. The van der Waals surface area contributed by atoms with Crippen LogP contribution in [0.5, 0.6) is 0 Å². The molecule has 0 aliphatic carbocycles. The number of carbonyl (C=O) groups is 1. The first-order chi connectivity index (χ1) is 8.76. The van der Waals surface area contributed by atoms with Crippen LogP contribution >= 0.6 is 11.6 Å². The van der Waals surface area contributed by atoms with E-state index in [1.807, 2.05) is 5.32 Å². The van der Waals surface area contributed by atoms with Gasteiger partial charge in [-0.25, -0.2) is 9.18 Å². The number of benzene rings is 1. The molecular formula is C11H10ClF4NO2. The van der Waals surface area contributed by atoms with Gasteiger partial charge < -0.3 is 4.74 Å². The molecule has 0 heterocycles. The number of esters is 1. The Kier molecular flexibility index (Phi) is 5.13. The van der Waals surface area contributed by atoms with Crippen molar-refractivity contribution >= 4 is 17.6 Å². The van der Waals surface area contributed by atoms with E-state index in [2.05, 4.69) is 4.74 Å². The molecule has 0 saturated carbocycles. The molecule has 8 heteroatoms. The summed E-state index contributed by atoms with van der Waals surface area (Å²) < 4.78 is 54.4. The Bertz CT molecular complexity index is 444. The van der Waals surface area contributed by atoms with Gasteiger partial charge in [0, 0.05) is 10.6 Å². The van der Waals surface area contributed by atoms with Gasteiger partial charge in [0.15, 0.2) is 0 Å². The van der Waals surface area contributed by atoms with Crippen molar-refractivity contribution in [3.63, 3.8) is 0 Å².